The van der Waals surface area contributed by atoms with Gasteiger partial charge in [0, 0.05) is 77.3 Å². The molecule has 5 fully saturated rings. The topological polar surface area (TPSA) is 64.4 Å². The van der Waals surface area contributed by atoms with E-state index in [2.05, 4.69) is 136 Å². The number of benzene rings is 2. The molecule has 8 atom stereocenters. The molecule has 6 aliphatic heterocycles. The summed E-state index contributed by atoms with van der Waals surface area (Å²) in [6.07, 6.45) is 22.0. The van der Waals surface area contributed by atoms with Crippen LogP contribution in [0.25, 0.3) is 0 Å². The van der Waals surface area contributed by atoms with Crippen LogP contribution in [-0.4, -0.2) is 59.1 Å². The van der Waals surface area contributed by atoms with Crippen molar-refractivity contribution in [2.45, 2.75) is 174 Å². The van der Waals surface area contributed by atoms with Crippen molar-refractivity contribution in [3.05, 3.63) is 106 Å². The minimum atomic E-state index is -0.813. The van der Waals surface area contributed by atoms with Crippen molar-refractivity contribution in [2.75, 3.05) is 24.5 Å². The summed E-state index contributed by atoms with van der Waals surface area (Å²) in [6, 6.07) is 17.8. The molecule has 8 aliphatic rings. The Hall–Kier alpha value is -3.31. The minimum absolute atomic E-state index is 0.0690. The molecule has 2 bridgehead atoms. The first-order valence-electron chi connectivity index (χ1n) is 25.4. The second-order valence-electron chi connectivity index (χ2n) is 21.6. The van der Waals surface area contributed by atoms with Gasteiger partial charge in [-0.15, -0.1) is 0 Å². The number of hydrogen-bond acceptors (Lipinski definition) is 7. The Morgan fingerprint density at radius 2 is 1.65 bits per heavy atom. The van der Waals surface area contributed by atoms with Crippen molar-refractivity contribution in [3.63, 3.8) is 0 Å². The predicted octanol–water partition coefficient (Wildman–Crippen LogP) is 13.4. The van der Waals surface area contributed by atoms with Gasteiger partial charge in [-0.1, -0.05) is 108 Å². The van der Waals surface area contributed by atoms with Gasteiger partial charge in [0.1, 0.15) is 6.54 Å². The van der Waals surface area contributed by atoms with Crippen LogP contribution in [0.5, 0.6) is 0 Å². The summed E-state index contributed by atoms with van der Waals surface area (Å²) < 4.78 is 22.0. The standard InChI is InChI=1S/C56H74ClN3O5S/c1-9-10-35-59-45-24-15-13-22-43(45)53(4,5)47(59)30-27-39-20-19-21-40(49(39)57)28-31-48-54(6,7)44-23-14-16-25-46(44)60(48)36-18-12-11-17-34-58-52(66)62-50-38(3)42-29-26-37(2)41-32-33-55(8)63-51(61-50)56(41,42)65-64-55/h13-16,22-25,27-28,30-31,37-38,41-42,50-51H,9-12,17-21,26,29,32-36H2,1-8H3/p+1/t37-,38-,41+,42+,50?,51-,55?,56-/m0/s1. The molecule has 2 aromatic rings. The monoisotopic (exact) mass is 937 g/mol. The van der Waals surface area contributed by atoms with Crippen molar-refractivity contribution in [3.8, 4) is 0 Å². The molecule has 0 radical (unpaired) electrons. The van der Waals surface area contributed by atoms with Crippen LogP contribution in [0.1, 0.15) is 150 Å². The van der Waals surface area contributed by atoms with Crippen molar-refractivity contribution in [1.82, 2.24) is 5.32 Å². The van der Waals surface area contributed by atoms with E-state index < -0.39 is 24.0 Å². The summed E-state index contributed by atoms with van der Waals surface area (Å²) in [5, 5.41) is 4.67. The van der Waals surface area contributed by atoms with Gasteiger partial charge in [-0.05, 0) is 131 Å². The van der Waals surface area contributed by atoms with Gasteiger partial charge in [-0.2, -0.15) is 4.58 Å². The molecular formula is C56H75ClN3O5S+. The third-order valence-corrected chi connectivity index (χ3v) is 17.3. The van der Waals surface area contributed by atoms with E-state index in [1.54, 1.807) is 0 Å². The summed E-state index contributed by atoms with van der Waals surface area (Å²) in [7, 11) is 0. The van der Waals surface area contributed by atoms with E-state index in [1.165, 1.54) is 51.5 Å². The Morgan fingerprint density at radius 1 is 0.879 bits per heavy atom. The van der Waals surface area contributed by atoms with Crippen LogP contribution in [0.15, 0.2) is 94.7 Å². The molecule has 6 heterocycles. The molecule has 0 aromatic heterocycles. The number of unbranched alkanes of at least 4 members (excludes halogenated alkanes) is 4. The highest BCUT2D eigenvalue weighted by Gasteiger charge is 2.69. The summed E-state index contributed by atoms with van der Waals surface area (Å²) in [5.74, 6) is 0.300. The average molecular weight is 938 g/mol. The molecule has 66 heavy (non-hydrogen) atoms. The van der Waals surface area contributed by atoms with E-state index in [1.807, 2.05) is 6.92 Å². The maximum atomic E-state index is 7.34. The number of fused-ring (bicyclic) bond motifs is 4. The van der Waals surface area contributed by atoms with Crippen molar-refractivity contribution in [1.29, 1.82) is 0 Å². The highest BCUT2D eigenvalue weighted by Crippen LogP contribution is 2.60. The molecule has 10 heteroatoms. The molecule has 4 saturated heterocycles. The molecule has 356 valence electrons. The Morgan fingerprint density at radius 3 is 2.47 bits per heavy atom. The number of ether oxygens (including phenoxy) is 3. The van der Waals surface area contributed by atoms with Crippen molar-refractivity contribution in [2.24, 2.45) is 23.7 Å². The summed E-state index contributed by atoms with van der Waals surface area (Å²) in [6.45, 7) is 20.9. The minimum Gasteiger partial charge on any atom is -0.441 e. The molecule has 0 amide bonds. The molecule has 2 aliphatic carbocycles. The van der Waals surface area contributed by atoms with Gasteiger partial charge in [0.05, 0.1) is 5.41 Å². The second-order valence-corrected chi connectivity index (χ2v) is 22.4. The number of nitrogens with zero attached hydrogens (tertiary/aromatic N) is 2. The fourth-order valence-electron chi connectivity index (χ4n) is 12.7. The lowest BCUT2D eigenvalue weighted by Gasteiger charge is -2.60. The van der Waals surface area contributed by atoms with Crippen molar-refractivity contribution >= 4 is 46.1 Å². The Labute approximate surface area is 405 Å². The number of nitrogens with one attached hydrogen (secondary N) is 1. The third kappa shape index (κ3) is 8.70. The van der Waals surface area contributed by atoms with Crippen LogP contribution < -0.4 is 10.2 Å². The highest BCUT2D eigenvalue weighted by atomic mass is 35.5. The van der Waals surface area contributed by atoms with Gasteiger partial charge < -0.3 is 24.4 Å². The average Bonchev–Trinajstić information content (AvgIpc) is 3.48. The molecule has 1 saturated carbocycles. The lowest BCUT2D eigenvalue weighted by Crippen LogP contribution is -2.70. The fourth-order valence-corrected chi connectivity index (χ4v) is 13.3. The molecular weight excluding hydrogens is 862 g/mol. The first kappa shape index (κ1) is 47.7. The second kappa shape index (κ2) is 19.2. The maximum absolute atomic E-state index is 7.34. The summed E-state index contributed by atoms with van der Waals surface area (Å²) in [5.41, 5.74) is 9.78. The van der Waals surface area contributed by atoms with E-state index in [0.717, 1.165) is 102 Å². The molecule has 2 unspecified atom stereocenters. The van der Waals surface area contributed by atoms with E-state index in [-0.39, 0.29) is 22.7 Å². The van der Waals surface area contributed by atoms with Crippen LogP contribution in [0, 0.1) is 23.7 Å². The molecule has 10 rings (SSSR count). The number of rotatable bonds is 14. The SMILES string of the molecule is CCCCN1/C(=C/C=C2\CCCC(/C=C/C3=[N+](CCCCCCNC(=S)OC4O[C@H]5OC6(C)CC[C@@H]7[C@@H](C)CC[C@H]([C@@H]4C)[C@]57OO6)c4ccccc4C3(C)C)=C2Cl)C(C)(C)c2ccccc21. The lowest BCUT2D eigenvalue weighted by atomic mass is 9.58. The molecule has 1 N–H and O–H groups in total. The number of hydrogen-bond donors (Lipinski definition) is 1. The molecule has 2 aromatic carbocycles. The molecule has 1 spiro atoms. The number of anilines is 1. The quantitative estimate of drug-likeness (QED) is 0.0870. The predicted molar refractivity (Wildman–Crippen MR) is 270 cm³/mol. The van der Waals surface area contributed by atoms with Crippen LogP contribution >= 0.6 is 23.8 Å². The van der Waals surface area contributed by atoms with E-state index in [9.17, 15) is 0 Å². The summed E-state index contributed by atoms with van der Waals surface area (Å²) >= 11 is 13.1. The first-order valence-corrected chi connectivity index (χ1v) is 26.2. The van der Waals surface area contributed by atoms with Crippen LogP contribution in [0.3, 0.4) is 0 Å². The Balaban J connectivity index is 0.815. The Kier molecular flexibility index (Phi) is 13.9. The molecule has 8 nitrogen and oxygen atoms in total. The number of thiocarbonyl (C=S) groups is 1. The number of para-hydroxylation sites is 2. The zero-order valence-corrected chi connectivity index (χ0v) is 42.5. The zero-order valence-electron chi connectivity index (χ0n) is 40.9. The first-order chi connectivity index (χ1) is 31.7. The zero-order chi connectivity index (χ0) is 46.4. The van der Waals surface area contributed by atoms with Gasteiger partial charge in [0.15, 0.2) is 17.6 Å². The van der Waals surface area contributed by atoms with Gasteiger partial charge in [0.2, 0.25) is 17.8 Å². The van der Waals surface area contributed by atoms with Crippen LogP contribution in [0.2, 0.25) is 0 Å². The largest absolute Gasteiger partial charge is 0.441 e. The van der Waals surface area contributed by atoms with Gasteiger partial charge in [-0.3, -0.25) is 0 Å². The number of allylic oxidation sites excluding steroid dienone is 8. The maximum Gasteiger partial charge on any atom is 0.258 e. The third-order valence-electron chi connectivity index (χ3n) is 16.6. The van der Waals surface area contributed by atoms with Gasteiger partial charge in [0.25, 0.3) is 5.17 Å². The summed E-state index contributed by atoms with van der Waals surface area (Å²) in [4.78, 5) is 14.8. The van der Waals surface area contributed by atoms with Gasteiger partial charge >= 0.3 is 0 Å². The smallest absolute Gasteiger partial charge is 0.258 e. The highest BCUT2D eigenvalue weighted by molar-refractivity contribution is 7.80. The number of halogens is 1. The normalized spacial score (nSPS) is 33.1. The van der Waals surface area contributed by atoms with Crippen LogP contribution in [-0.2, 0) is 34.8 Å². The van der Waals surface area contributed by atoms with E-state index >= 15 is 0 Å². The fraction of sp³-hybridized carbons (Fsp3) is 0.607. The Bertz CT molecular complexity index is 2320. The van der Waals surface area contributed by atoms with Crippen LogP contribution in [0.4, 0.5) is 11.4 Å². The van der Waals surface area contributed by atoms with E-state index in [0.29, 0.717) is 17.0 Å². The lowest BCUT2D eigenvalue weighted by molar-refractivity contribution is -0.576. The van der Waals surface area contributed by atoms with Gasteiger partial charge in [-0.25, -0.2) is 9.78 Å². The van der Waals surface area contributed by atoms with Crippen molar-refractivity contribution < 1.29 is 28.6 Å². The van der Waals surface area contributed by atoms with E-state index in [4.69, 9.17) is 47.8 Å².